The molecular weight excluding hydrogens is 626 g/mol. The number of hydrogen-bond donors (Lipinski definition) is 4. The normalized spacial score (nSPS) is 34.1. The highest BCUT2D eigenvalue weighted by Crippen LogP contribution is 2.39. The number of methoxy groups -OCH3 is 1. The third-order valence-electron chi connectivity index (χ3n) is 10.8. The van der Waals surface area contributed by atoms with Gasteiger partial charge in [0, 0.05) is 25.9 Å². The Balaban J connectivity index is 1.84. The molecule has 0 aromatic rings. The van der Waals surface area contributed by atoms with Gasteiger partial charge in [-0.2, -0.15) is 0 Å². The van der Waals surface area contributed by atoms with Gasteiger partial charge in [0.1, 0.15) is 23.9 Å². The van der Waals surface area contributed by atoms with Gasteiger partial charge in [0.25, 0.3) is 0 Å². The lowest BCUT2D eigenvalue weighted by Crippen LogP contribution is -2.53. The van der Waals surface area contributed by atoms with Crippen molar-refractivity contribution in [3.05, 3.63) is 36.0 Å². The molecule has 1 aliphatic carbocycles. The number of ether oxygens (including phenoxy) is 4. The zero-order valence-corrected chi connectivity index (χ0v) is 31.2. The van der Waals surface area contributed by atoms with Crippen molar-refractivity contribution in [2.45, 2.75) is 167 Å². The van der Waals surface area contributed by atoms with Crippen LogP contribution in [0.2, 0.25) is 0 Å². The number of carbonyl (C=O) groups is 2. The zero-order valence-electron chi connectivity index (χ0n) is 31.2. The predicted molar refractivity (Wildman–Crippen MR) is 190 cm³/mol. The molecule has 0 radical (unpaired) electrons. The first-order valence-electron chi connectivity index (χ1n) is 18.5. The molecule has 10 heteroatoms. The van der Waals surface area contributed by atoms with Crippen molar-refractivity contribution < 1.29 is 43.9 Å². The molecule has 2 fully saturated rings. The molecule has 0 spiro atoms. The number of cyclic esters (lactones) is 1. The van der Waals surface area contributed by atoms with Gasteiger partial charge in [-0.1, -0.05) is 70.8 Å². The lowest BCUT2D eigenvalue weighted by atomic mass is 9.86. The van der Waals surface area contributed by atoms with Crippen molar-refractivity contribution in [1.29, 1.82) is 0 Å². The van der Waals surface area contributed by atoms with Crippen molar-refractivity contribution in [3.8, 4) is 0 Å². The Bertz CT molecular complexity index is 1140. The Morgan fingerprint density at radius 3 is 2.45 bits per heavy atom. The smallest absolute Gasteiger partial charge is 0.309 e. The SMILES string of the molecule is CC[C@H](OC)[C@@H](C)C1O[C@@H]1C(NCC1CCCCCC1)C(C)(O)C=CC=C(C)[C@H]1OC(=O)C[C@H](O)CC[C@@](C)(O)[C@@H](OC(C)=O)C=C[C@@H]1C. The molecule has 0 amide bonds. The minimum Gasteiger partial charge on any atom is -0.457 e. The first-order valence-corrected chi connectivity index (χ1v) is 18.5. The summed E-state index contributed by atoms with van der Waals surface area (Å²) in [6.45, 7) is 13.4. The van der Waals surface area contributed by atoms with E-state index in [0.717, 1.165) is 18.5 Å². The van der Waals surface area contributed by atoms with Crippen LogP contribution in [-0.2, 0) is 28.5 Å². The summed E-state index contributed by atoms with van der Waals surface area (Å²) < 4.78 is 23.3. The first kappa shape index (κ1) is 41.3. The Labute approximate surface area is 294 Å². The molecular formula is C39H65NO9. The molecule has 0 aromatic heterocycles. The largest absolute Gasteiger partial charge is 0.457 e. The van der Waals surface area contributed by atoms with E-state index in [1.165, 1.54) is 45.4 Å². The van der Waals surface area contributed by atoms with Gasteiger partial charge in [0.05, 0.1) is 36.4 Å². The molecule has 1 saturated carbocycles. The number of esters is 2. The number of nitrogens with one attached hydrogen (secondary N) is 1. The molecule has 2 aliphatic heterocycles. The van der Waals surface area contributed by atoms with Crippen molar-refractivity contribution in [2.24, 2.45) is 17.8 Å². The van der Waals surface area contributed by atoms with Crippen LogP contribution in [0.5, 0.6) is 0 Å². The van der Waals surface area contributed by atoms with Gasteiger partial charge in [-0.3, -0.25) is 9.59 Å². The van der Waals surface area contributed by atoms with E-state index in [9.17, 15) is 24.9 Å². The summed E-state index contributed by atoms with van der Waals surface area (Å²) in [5, 5.41) is 37.3. The molecule has 3 unspecified atom stereocenters. The second kappa shape index (κ2) is 19.0. The number of rotatable bonds is 13. The summed E-state index contributed by atoms with van der Waals surface area (Å²) in [7, 11) is 1.73. The number of aliphatic hydroxyl groups is 3. The van der Waals surface area contributed by atoms with Crippen LogP contribution < -0.4 is 5.32 Å². The van der Waals surface area contributed by atoms with E-state index in [0.29, 0.717) is 5.92 Å². The number of aliphatic hydroxyl groups excluding tert-OH is 1. The maximum absolute atomic E-state index is 12.9. The lowest BCUT2D eigenvalue weighted by Gasteiger charge is -2.32. The summed E-state index contributed by atoms with van der Waals surface area (Å²) in [6, 6.07) is -0.337. The van der Waals surface area contributed by atoms with Gasteiger partial charge in [0.15, 0.2) is 0 Å². The van der Waals surface area contributed by atoms with E-state index in [2.05, 4.69) is 19.2 Å². The monoisotopic (exact) mass is 691 g/mol. The maximum atomic E-state index is 12.9. The molecule has 11 atom stereocenters. The molecule has 3 rings (SSSR count). The van der Waals surface area contributed by atoms with Crippen LogP contribution in [0.1, 0.15) is 113 Å². The summed E-state index contributed by atoms with van der Waals surface area (Å²) in [5.74, 6) is -0.694. The molecule has 3 aliphatic rings. The van der Waals surface area contributed by atoms with Crippen molar-refractivity contribution in [3.63, 3.8) is 0 Å². The molecule has 280 valence electrons. The molecule has 4 N–H and O–H groups in total. The summed E-state index contributed by atoms with van der Waals surface area (Å²) >= 11 is 0. The summed E-state index contributed by atoms with van der Waals surface area (Å²) in [5.41, 5.74) is -1.97. The predicted octanol–water partition coefficient (Wildman–Crippen LogP) is 5.33. The molecule has 2 heterocycles. The number of carbonyl (C=O) groups excluding carboxylic acids is 2. The third-order valence-corrected chi connectivity index (χ3v) is 10.8. The first-order chi connectivity index (χ1) is 23.1. The van der Waals surface area contributed by atoms with E-state index in [1.54, 1.807) is 45.3 Å². The average molecular weight is 692 g/mol. The minimum absolute atomic E-state index is 0.0242. The van der Waals surface area contributed by atoms with E-state index < -0.39 is 41.5 Å². The summed E-state index contributed by atoms with van der Waals surface area (Å²) in [6.07, 6.45) is 14.4. The number of epoxide rings is 1. The van der Waals surface area contributed by atoms with Crippen LogP contribution in [0.4, 0.5) is 0 Å². The average Bonchev–Trinajstić information content (AvgIpc) is 3.85. The van der Waals surface area contributed by atoms with Gasteiger partial charge in [-0.25, -0.2) is 0 Å². The Morgan fingerprint density at radius 1 is 1.16 bits per heavy atom. The highest BCUT2D eigenvalue weighted by atomic mass is 16.6. The maximum Gasteiger partial charge on any atom is 0.309 e. The molecule has 0 bridgehead atoms. The number of hydrogen-bond acceptors (Lipinski definition) is 10. The zero-order chi connectivity index (χ0) is 36.4. The quantitative estimate of drug-likeness (QED) is 0.0657. The van der Waals surface area contributed by atoms with Crippen LogP contribution in [0, 0.1) is 17.8 Å². The van der Waals surface area contributed by atoms with Gasteiger partial charge in [0.2, 0.25) is 0 Å². The molecule has 49 heavy (non-hydrogen) atoms. The fourth-order valence-electron chi connectivity index (χ4n) is 7.53. The Kier molecular flexibility index (Phi) is 16.0. The van der Waals surface area contributed by atoms with Crippen LogP contribution >= 0.6 is 0 Å². The van der Waals surface area contributed by atoms with Gasteiger partial charge >= 0.3 is 11.9 Å². The summed E-state index contributed by atoms with van der Waals surface area (Å²) in [4.78, 5) is 24.7. The lowest BCUT2D eigenvalue weighted by molar-refractivity contribution is -0.157. The molecule has 1 saturated heterocycles. The fourth-order valence-corrected chi connectivity index (χ4v) is 7.53. The second-order valence-electron chi connectivity index (χ2n) is 15.3. The highest BCUT2D eigenvalue weighted by molar-refractivity contribution is 5.70. The topological polar surface area (TPSA) is 147 Å². The highest BCUT2D eigenvalue weighted by Gasteiger charge is 2.54. The standard InChI is InChI=1S/C39H65NO9/c1-9-31(46-8)27(4)35-36(49-35)37(40-24-29-16-12-10-11-13-17-29)39(7,45)21-14-15-25(2)34-26(3)18-19-32(47-28(5)41)38(6,44)22-20-30(42)23-33(43)48-34/h14-15,18-19,21,26-27,29-32,34-37,40,42,44-45H,9-13,16-17,20,22-24H2,1-8H3/t26-,27+,30+,31-,32-,34+,35?,36-,37?,38+,39?/m0/s1. The van der Waals surface area contributed by atoms with Crippen molar-refractivity contribution in [2.75, 3.05) is 13.7 Å². The van der Waals surface area contributed by atoms with Gasteiger partial charge in [-0.05, 0) is 77.0 Å². The fraction of sp³-hybridized carbons (Fsp3) is 0.795. The van der Waals surface area contributed by atoms with E-state index in [4.69, 9.17) is 18.9 Å². The Morgan fingerprint density at radius 2 is 1.84 bits per heavy atom. The third kappa shape index (κ3) is 12.6. The van der Waals surface area contributed by atoms with Crippen LogP contribution in [0.15, 0.2) is 36.0 Å². The molecule has 0 aromatic carbocycles. The number of allylic oxidation sites excluding steroid dienone is 2. The minimum atomic E-state index is -1.44. The van der Waals surface area contributed by atoms with Gasteiger partial charge < -0.3 is 39.6 Å². The van der Waals surface area contributed by atoms with Crippen LogP contribution in [0.25, 0.3) is 0 Å². The van der Waals surface area contributed by atoms with E-state index in [-0.39, 0.29) is 55.5 Å². The van der Waals surface area contributed by atoms with Crippen LogP contribution in [-0.4, -0.2) is 94.8 Å². The second-order valence-corrected chi connectivity index (χ2v) is 15.3. The molecule has 10 nitrogen and oxygen atoms in total. The van der Waals surface area contributed by atoms with E-state index >= 15 is 0 Å². The van der Waals surface area contributed by atoms with Crippen LogP contribution in [0.3, 0.4) is 0 Å². The van der Waals surface area contributed by atoms with E-state index in [1.807, 2.05) is 19.9 Å². The van der Waals surface area contributed by atoms with Crippen molar-refractivity contribution in [1.82, 2.24) is 5.32 Å². The van der Waals surface area contributed by atoms with Gasteiger partial charge in [-0.15, -0.1) is 0 Å². The van der Waals surface area contributed by atoms with Crippen molar-refractivity contribution >= 4 is 11.9 Å². The Hall–Kier alpha value is -2.08.